The molecule has 6 heteroatoms. The molecule has 116 valence electrons. The molecule has 0 aromatic carbocycles. The van der Waals surface area contributed by atoms with E-state index in [1.807, 2.05) is 0 Å². The van der Waals surface area contributed by atoms with Crippen LogP contribution in [0.3, 0.4) is 0 Å². The quantitative estimate of drug-likeness (QED) is 0.818. The highest BCUT2D eigenvalue weighted by atomic mass is 19.4. The van der Waals surface area contributed by atoms with Gasteiger partial charge in [0.1, 0.15) is 0 Å². The third kappa shape index (κ3) is 4.96. The number of hydrogen-bond acceptors (Lipinski definition) is 2. The van der Waals surface area contributed by atoms with Gasteiger partial charge in [-0.3, -0.25) is 4.79 Å². The first-order chi connectivity index (χ1) is 9.27. The number of hydrogen-bond donors (Lipinski definition) is 1. The molecule has 2 rings (SSSR count). The van der Waals surface area contributed by atoms with Crippen LogP contribution in [0.1, 0.15) is 51.4 Å². The zero-order valence-corrected chi connectivity index (χ0v) is 11.6. The Bertz CT molecular complexity index is 347. The summed E-state index contributed by atoms with van der Waals surface area (Å²) in [6, 6.07) is 0. The summed E-state index contributed by atoms with van der Waals surface area (Å²) in [6.07, 6.45) is -0.345. The van der Waals surface area contributed by atoms with Gasteiger partial charge in [0.15, 0.2) is 0 Å². The van der Waals surface area contributed by atoms with Gasteiger partial charge in [0, 0.05) is 13.1 Å². The van der Waals surface area contributed by atoms with Gasteiger partial charge in [0.2, 0.25) is 5.91 Å². The molecule has 1 amide bonds. The van der Waals surface area contributed by atoms with E-state index in [9.17, 15) is 23.1 Å². The van der Waals surface area contributed by atoms with E-state index in [0.717, 1.165) is 25.7 Å². The van der Waals surface area contributed by atoms with Crippen molar-refractivity contribution in [3.8, 4) is 0 Å². The molecule has 0 bridgehead atoms. The summed E-state index contributed by atoms with van der Waals surface area (Å²) in [5.74, 6) is 0.0240. The molecule has 3 nitrogen and oxygen atoms in total. The van der Waals surface area contributed by atoms with Crippen molar-refractivity contribution < 1.29 is 23.1 Å². The number of alkyl halides is 3. The number of nitrogens with zero attached hydrogens (tertiary/aromatic N) is 1. The first-order valence-electron chi connectivity index (χ1n) is 7.34. The number of amides is 1. The molecule has 0 saturated heterocycles. The monoisotopic (exact) mass is 293 g/mol. The molecule has 0 aromatic rings. The van der Waals surface area contributed by atoms with E-state index in [0.29, 0.717) is 25.3 Å². The van der Waals surface area contributed by atoms with Crippen LogP contribution in [0.15, 0.2) is 0 Å². The van der Waals surface area contributed by atoms with Crippen molar-refractivity contribution in [3.63, 3.8) is 0 Å². The Balaban J connectivity index is 1.88. The van der Waals surface area contributed by atoms with Crippen molar-refractivity contribution in [3.05, 3.63) is 0 Å². The van der Waals surface area contributed by atoms with Crippen LogP contribution in [0.4, 0.5) is 13.2 Å². The van der Waals surface area contributed by atoms with Gasteiger partial charge in [-0.05, 0) is 31.6 Å². The summed E-state index contributed by atoms with van der Waals surface area (Å²) in [5.41, 5.74) is -0.989. The molecule has 1 N–H and O–H groups in total. The van der Waals surface area contributed by atoms with Gasteiger partial charge < -0.3 is 10.0 Å². The molecule has 2 saturated carbocycles. The van der Waals surface area contributed by atoms with E-state index in [2.05, 4.69) is 0 Å². The second-order valence-electron chi connectivity index (χ2n) is 6.26. The van der Waals surface area contributed by atoms with Crippen LogP contribution in [0, 0.1) is 5.92 Å². The average molecular weight is 293 g/mol. The molecular formula is C14H22F3NO2. The molecular weight excluding hydrogens is 271 g/mol. The highest BCUT2D eigenvalue weighted by molar-refractivity contribution is 5.77. The van der Waals surface area contributed by atoms with Crippen LogP contribution in [-0.4, -0.2) is 40.8 Å². The molecule has 0 spiro atoms. The Kier molecular flexibility index (Phi) is 4.62. The van der Waals surface area contributed by atoms with E-state index in [1.165, 1.54) is 4.90 Å². The maximum Gasteiger partial charge on any atom is 0.390 e. The largest absolute Gasteiger partial charge is 0.390 e. The summed E-state index contributed by atoms with van der Waals surface area (Å²) in [5, 5.41) is 10.2. The maximum atomic E-state index is 12.3. The predicted molar refractivity (Wildman–Crippen MR) is 68.0 cm³/mol. The fourth-order valence-electron chi connectivity index (χ4n) is 2.79. The molecule has 0 aliphatic heterocycles. The summed E-state index contributed by atoms with van der Waals surface area (Å²) in [4.78, 5) is 13.5. The summed E-state index contributed by atoms with van der Waals surface area (Å²) >= 11 is 0. The van der Waals surface area contributed by atoms with Crippen molar-refractivity contribution in [2.75, 3.05) is 13.1 Å². The van der Waals surface area contributed by atoms with E-state index >= 15 is 0 Å². The molecule has 2 aliphatic rings. The van der Waals surface area contributed by atoms with Gasteiger partial charge in [-0.2, -0.15) is 13.2 Å². The van der Waals surface area contributed by atoms with Crippen LogP contribution in [0.2, 0.25) is 0 Å². The smallest absolute Gasteiger partial charge is 0.389 e. The van der Waals surface area contributed by atoms with E-state index < -0.39 is 18.2 Å². The van der Waals surface area contributed by atoms with Gasteiger partial charge in [-0.15, -0.1) is 0 Å². The van der Waals surface area contributed by atoms with Gasteiger partial charge in [-0.25, -0.2) is 0 Å². The molecule has 20 heavy (non-hydrogen) atoms. The van der Waals surface area contributed by atoms with Crippen molar-refractivity contribution >= 4 is 5.91 Å². The fourth-order valence-corrected chi connectivity index (χ4v) is 2.79. The highest BCUT2D eigenvalue weighted by Crippen LogP contribution is 2.34. The van der Waals surface area contributed by atoms with Crippen LogP contribution >= 0.6 is 0 Å². The van der Waals surface area contributed by atoms with Gasteiger partial charge >= 0.3 is 6.18 Å². The number of rotatable bonds is 6. The SMILES string of the molecule is O=C(CC1(O)CCCC1)N(CCC(F)(F)F)CC1CC1. The van der Waals surface area contributed by atoms with Crippen LogP contribution < -0.4 is 0 Å². The Hall–Kier alpha value is -0.780. The zero-order valence-electron chi connectivity index (χ0n) is 11.6. The number of carbonyl (C=O) groups is 1. The first kappa shape index (κ1) is 15.6. The third-order valence-corrected chi connectivity index (χ3v) is 4.21. The second kappa shape index (κ2) is 5.92. The van der Waals surface area contributed by atoms with Gasteiger partial charge in [0.05, 0.1) is 18.4 Å². The first-order valence-corrected chi connectivity index (χ1v) is 7.34. The Morgan fingerprint density at radius 2 is 1.85 bits per heavy atom. The lowest BCUT2D eigenvalue weighted by Crippen LogP contribution is -2.40. The van der Waals surface area contributed by atoms with Gasteiger partial charge in [-0.1, -0.05) is 12.8 Å². The van der Waals surface area contributed by atoms with Crippen LogP contribution in [0.5, 0.6) is 0 Å². The number of aliphatic hydroxyl groups is 1. The normalized spacial score (nSPS) is 22.0. The molecule has 0 unspecified atom stereocenters. The van der Waals surface area contributed by atoms with E-state index in [1.54, 1.807) is 0 Å². The minimum Gasteiger partial charge on any atom is -0.389 e. The highest BCUT2D eigenvalue weighted by Gasteiger charge is 2.37. The van der Waals surface area contributed by atoms with Gasteiger partial charge in [0.25, 0.3) is 0 Å². The second-order valence-corrected chi connectivity index (χ2v) is 6.26. The predicted octanol–water partition coefficient (Wildman–Crippen LogP) is 2.87. The molecule has 2 fully saturated rings. The molecule has 0 atom stereocenters. The van der Waals surface area contributed by atoms with Crippen molar-refractivity contribution in [2.45, 2.75) is 63.1 Å². The van der Waals surface area contributed by atoms with E-state index in [4.69, 9.17) is 0 Å². The number of halogens is 3. The Labute approximate surface area is 117 Å². The molecule has 0 radical (unpaired) electrons. The zero-order chi connectivity index (χ0) is 14.8. The molecule has 0 heterocycles. The minimum absolute atomic E-state index is 0.0302. The topological polar surface area (TPSA) is 40.5 Å². The average Bonchev–Trinajstić information content (AvgIpc) is 3.05. The third-order valence-electron chi connectivity index (χ3n) is 4.21. The summed E-state index contributed by atoms with van der Waals surface area (Å²) < 4.78 is 37.0. The summed E-state index contributed by atoms with van der Waals surface area (Å²) in [7, 11) is 0. The number of carbonyl (C=O) groups excluding carboxylic acids is 1. The lowest BCUT2D eigenvalue weighted by atomic mass is 9.97. The molecule has 2 aliphatic carbocycles. The Morgan fingerprint density at radius 3 is 2.35 bits per heavy atom. The lowest BCUT2D eigenvalue weighted by molar-refractivity contribution is -0.148. The fraction of sp³-hybridized carbons (Fsp3) is 0.929. The van der Waals surface area contributed by atoms with Crippen LogP contribution in [0.25, 0.3) is 0 Å². The Morgan fingerprint density at radius 1 is 1.25 bits per heavy atom. The maximum absolute atomic E-state index is 12.3. The minimum atomic E-state index is -4.24. The lowest BCUT2D eigenvalue weighted by Gasteiger charge is -2.28. The summed E-state index contributed by atoms with van der Waals surface area (Å²) in [6.45, 7) is 0.125. The van der Waals surface area contributed by atoms with E-state index in [-0.39, 0.29) is 18.9 Å². The van der Waals surface area contributed by atoms with Crippen molar-refractivity contribution in [2.24, 2.45) is 5.92 Å². The molecule has 0 aromatic heterocycles. The van der Waals surface area contributed by atoms with Crippen LogP contribution in [-0.2, 0) is 4.79 Å². The standard InChI is InChI=1S/C14H22F3NO2/c15-14(16,17)7-8-18(10-11-3-4-11)12(19)9-13(20)5-1-2-6-13/h11,20H,1-10H2. The van der Waals surface area contributed by atoms with Crippen molar-refractivity contribution in [1.82, 2.24) is 4.90 Å². The van der Waals surface area contributed by atoms with Crippen molar-refractivity contribution in [1.29, 1.82) is 0 Å².